The molecule has 0 aliphatic heterocycles. The minimum atomic E-state index is -3.82. The Bertz CT molecular complexity index is 746. The van der Waals surface area contributed by atoms with Crippen LogP contribution in [0.15, 0.2) is 41.0 Å². The van der Waals surface area contributed by atoms with Crippen molar-refractivity contribution in [2.24, 2.45) is 0 Å². The van der Waals surface area contributed by atoms with Gasteiger partial charge in [-0.2, -0.15) is 0 Å². The van der Waals surface area contributed by atoms with Gasteiger partial charge in [0.25, 0.3) is 0 Å². The van der Waals surface area contributed by atoms with Gasteiger partial charge in [-0.05, 0) is 44.4 Å². The standard InChI is InChI=1S/C15H18F2N2O3S/c1-19(2)14(15-4-3-7-22-15)9-18-23(20,21)10-11-8-12(16)5-6-13(11)17/h3-8,14,18H,9-10H2,1-2H3/t14-/m1/s1. The Morgan fingerprint density at radius 2 is 2.00 bits per heavy atom. The van der Waals surface area contributed by atoms with Crippen molar-refractivity contribution in [3.05, 3.63) is 59.6 Å². The molecule has 0 unspecified atom stereocenters. The second-order valence-corrected chi connectivity index (χ2v) is 7.14. The summed E-state index contributed by atoms with van der Waals surface area (Å²) >= 11 is 0. The Morgan fingerprint density at radius 3 is 2.61 bits per heavy atom. The summed E-state index contributed by atoms with van der Waals surface area (Å²) in [5.41, 5.74) is -0.211. The molecule has 0 aliphatic rings. The Hall–Kier alpha value is -1.77. The molecule has 8 heteroatoms. The summed E-state index contributed by atoms with van der Waals surface area (Å²) < 4.78 is 58.6. The fourth-order valence-electron chi connectivity index (χ4n) is 2.13. The van der Waals surface area contributed by atoms with E-state index in [9.17, 15) is 17.2 Å². The highest BCUT2D eigenvalue weighted by Gasteiger charge is 2.21. The van der Waals surface area contributed by atoms with Gasteiger partial charge in [0.2, 0.25) is 10.0 Å². The van der Waals surface area contributed by atoms with E-state index in [1.807, 2.05) is 0 Å². The van der Waals surface area contributed by atoms with Crippen molar-refractivity contribution in [3.63, 3.8) is 0 Å². The molecule has 126 valence electrons. The lowest BCUT2D eigenvalue weighted by molar-refractivity contribution is 0.259. The van der Waals surface area contributed by atoms with Crippen molar-refractivity contribution in [2.45, 2.75) is 11.8 Å². The molecule has 0 fully saturated rings. The number of rotatable bonds is 7. The highest BCUT2D eigenvalue weighted by atomic mass is 32.2. The number of nitrogens with zero attached hydrogens (tertiary/aromatic N) is 1. The van der Waals surface area contributed by atoms with Crippen LogP contribution >= 0.6 is 0 Å². The molecule has 0 bridgehead atoms. The maximum atomic E-state index is 13.6. The van der Waals surface area contributed by atoms with E-state index < -0.39 is 27.4 Å². The van der Waals surface area contributed by atoms with Gasteiger partial charge in [0.05, 0.1) is 18.1 Å². The topological polar surface area (TPSA) is 62.6 Å². The molecule has 0 amide bonds. The van der Waals surface area contributed by atoms with E-state index in [4.69, 9.17) is 4.42 Å². The molecule has 1 heterocycles. The zero-order valence-electron chi connectivity index (χ0n) is 12.8. The van der Waals surface area contributed by atoms with Gasteiger partial charge in [0.1, 0.15) is 17.4 Å². The molecule has 1 atom stereocenters. The Labute approximate surface area is 134 Å². The van der Waals surface area contributed by atoms with Gasteiger partial charge in [0.15, 0.2) is 0 Å². The molecule has 23 heavy (non-hydrogen) atoms. The van der Waals surface area contributed by atoms with Crippen LogP contribution in [0.4, 0.5) is 8.78 Å². The first-order valence-corrected chi connectivity index (χ1v) is 8.55. The molecule has 0 saturated carbocycles. The van der Waals surface area contributed by atoms with E-state index in [2.05, 4.69) is 4.72 Å². The van der Waals surface area contributed by atoms with E-state index in [0.717, 1.165) is 18.2 Å². The molecule has 2 rings (SSSR count). The lowest BCUT2D eigenvalue weighted by Gasteiger charge is -2.22. The maximum absolute atomic E-state index is 13.6. The molecule has 1 aromatic heterocycles. The molecule has 0 spiro atoms. The third-order valence-corrected chi connectivity index (χ3v) is 4.64. The third kappa shape index (κ3) is 4.85. The van der Waals surface area contributed by atoms with Crippen LogP contribution in [0, 0.1) is 11.6 Å². The van der Waals surface area contributed by atoms with Crippen LogP contribution in [0.1, 0.15) is 17.4 Å². The second kappa shape index (κ2) is 7.20. The van der Waals surface area contributed by atoms with Crippen LogP contribution in [0.3, 0.4) is 0 Å². The van der Waals surface area contributed by atoms with E-state index in [1.54, 1.807) is 31.1 Å². The monoisotopic (exact) mass is 344 g/mol. The van der Waals surface area contributed by atoms with Gasteiger partial charge in [0, 0.05) is 12.1 Å². The molecule has 1 N–H and O–H groups in total. The molecular weight excluding hydrogens is 326 g/mol. The molecule has 0 aliphatic carbocycles. The number of hydrogen-bond donors (Lipinski definition) is 1. The number of sulfonamides is 1. The first-order chi connectivity index (χ1) is 10.8. The van der Waals surface area contributed by atoms with Gasteiger partial charge >= 0.3 is 0 Å². The predicted molar refractivity (Wildman–Crippen MR) is 82.1 cm³/mol. The zero-order valence-corrected chi connectivity index (χ0v) is 13.6. The average molecular weight is 344 g/mol. The summed E-state index contributed by atoms with van der Waals surface area (Å²) in [7, 11) is -0.248. The molecule has 0 radical (unpaired) electrons. The van der Waals surface area contributed by atoms with Crippen molar-refractivity contribution >= 4 is 10.0 Å². The van der Waals surface area contributed by atoms with Gasteiger partial charge in [-0.25, -0.2) is 21.9 Å². The normalized spacial score (nSPS) is 13.4. The maximum Gasteiger partial charge on any atom is 0.215 e. The number of hydrogen-bond acceptors (Lipinski definition) is 4. The minimum absolute atomic E-state index is 0.0553. The number of nitrogens with one attached hydrogen (secondary N) is 1. The first-order valence-electron chi connectivity index (χ1n) is 6.89. The predicted octanol–water partition coefficient (Wildman–Crippen LogP) is 2.28. The molecular formula is C15H18F2N2O3S. The van der Waals surface area contributed by atoms with E-state index in [-0.39, 0.29) is 18.2 Å². The molecule has 1 aromatic carbocycles. The van der Waals surface area contributed by atoms with Crippen LogP contribution in [-0.2, 0) is 15.8 Å². The summed E-state index contributed by atoms with van der Waals surface area (Å²) in [6.07, 6.45) is 1.50. The number of halogens is 2. The summed E-state index contributed by atoms with van der Waals surface area (Å²) in [5.74, 6) is -1.46. The van der Waals surface area contributed by atoms with Crippen LogP contribution in [0.25, 0.3) is 0 Å². The van der Waals surface area contributed by atoms with Crippen LogP contribution in [0.2, 0.25) is 0 Å². The smallest absolute Gasteiger partial charge is 0.215 e. The Balaban J connectivity index is 2.07. The molecule has 0 saturated heterocycles. The lowest BCUT2D eigenvalue weighted by Crippen LogP contribution is -2.35. The highest BCUT2D eigenvalue weighted by molar-refractivity contribution is 7.88. The summed E-state index contributed by atoms with van der Waals surface area (Å²) in [6, 6.07) is 5.87. The fraction of sp³-hybridized carbons (Fsp3) is 0.333. The summed E-state index contributed by atoms with van der Waals surface area (Å²) in [4.78, 5) is 1.80. The van der Waals surface area contributed by atoms with Crippen molar-refractivity contribution < 1.29 is 21.6 Å². The lowest BCUT2D eigenvalue weighted by atomic mass is 10.2. The summed E-state index contributed by atoms with van der Waals surface area (Å²) in [6.45, 7) is 0.0553. The Kier molecular flexibility index (Phi) is 5.51. The molecule has 5 nitrogen and oxygen atoms in total. The second-order valence-electron chi connectivity index (χ2n) is 5.34. The van der Waals surface area contributed by atoms with Crippen molar-refractivity contribution in [1.82, 2.24) is 9.62 Å². The first kappa shape index (κ1) is 17.6. The third-order valence-electron chi connectivity index (χ3n) is 3.34. The van der Waals surface area contributed by atoms with Crippen molar-refractivity contribution in [1.29, 1.82) is 0 Å². The fourth-order valence-corrected chi connectivity index (χ4v) is 3.28. The quantitative estimate of drug-likeness (QED) is 0.837. The minimum Gasteiger partial charge on any atom is -0.468 e. The van der Waals surface area contributed by atoms with E-state index >= 15 is 0 Å². The Morgan fingerprint density at radius 1 is 1.26 bits per heavy atom. The van der Waals surface area contributed by atoms with Crippen LogP contribution in [0.5, 0.6) is 0 Å². The van der Waals surface area contributed by atoms with E-state index in [0.29, 0.717) is 5.76 Å². The summed E-state index contributed by atoms with van der Waals surface area (Å²) in [5, 5.41) is 0. The van der Waals surface area contributed by atoms with Gasteiger partial charge < -0.3 is 4.42 Å². The number of benzene rings is 1. The largest absolute Gasteiger partial charge is 0.468 e. The van der Waals surface area contributed by atoms with Crippen LogP contribution < -0.4 is 4.72 Å². The van der Waals surface area contributed by atoms with E-state index in [1.165, 1.54) is 6.26 Å². The van der Waals surface area contributed by atoms with Crippen molar-refractivity contribution in [3.8, 4) is 0 Å². The van der Waals surface area contributed by atoms with Gasteiger partial charge in [-0.1, -0.05) is 0 Å². The highest BCUT2D eigenvalue weighted by Crippen LogP contribution is 2.18. The SMILES string of the molecule is CN(C)[C@H](CNS(=O)(=O)Cc1cc(F)ccc1F)c1ccco1. The number of likely N-dealkylation sites (N-methyl/N-ethyl adjacent to an activating group) is 1. The zero-order chi connectivity index (χ0) is 17.0. The van der Waals surface area contributed by atoms with Crippen LogP contribution in [-0.4, -0.2) is 34.0 Å². The molecule has 2 aromatic rings. The van der Waals surface area contributed by atoms with Gasteiger partial charge in [-0.15, -0.1) is 0 Å². The van der Waals surface area contributed by atoms with Crippen molar-refractivity contribution in [2.75, 3.05) is 20.6 Å². The van der Waals surface area contributed by atoms with Gasteiger partial charge in [-0.3, -0.25) is 4.90 Å². The number of furan rings is 1. The average Bonchev–Trinajstić information content (AvgIpc) is 2.96.